The number of hydrogen-bond acceptors (Lipinski definition) is 5. The van der Waals surface area contributed by atoms with E-state index in [0.29, 0.717) is 11.8 Å². The summed E-state index contributed by atoms with van der Waals surface area (Å²) in [5, 5.41) is 18.3. The Morgan fingerprint density at radius 1 is 1.00 bits per heavy atom. The number of aromatic nitrogens is 2. The molecule has 1 atom stereocenters. The lowest BCUT2D eigenvalue weighted by molar-refractivity contribution is -0.192. The Labute approximate surface area is 182 Å². The van der Waals surface area contributed by atoms with Crippen LogP contribution in [0.25, 0.3) is 22.0 Å². The Morgan fingerprint density at radius 2 is 1.69 bits per heavy atom. The van der Waals surface area contributed by atoms with Crippen molar-refractivity contribution in [3.8, 4) is 17.1 Å². The van der Waals surface area contributed by atoms with Gasteiger partial charge in [-0.25, -0.2) is 4.79 Å². The molecule has 6 rings (SSSR count). The van der Waals surface area contributed by atoms with Crippen LogP contribution in [0.15, 0.2) is 54.6 Å². The molecule has 0 spiro atoms. The first-order valence-corrected chi connectivity index (χ1v) is 10.3. The molecule has 3 fully saturated rings. The molecule has 2 bridgehead atoms. The summed E-state index contributed by atoms with van der Waals surface area (Å²) in [5.41, 5.74) is 1.97. The van der Waals surface area contributed by atoms with E-state index >= 15 is 0 Å². The van der Waals surface area contributed by atoms with Gasteiger partial charge in [0.25, 0.3) is 0 Å². The standard InChI is InChI=1S/C21H21N3O.C2HF3O2/c1-2-4-17-13-18(6-5-15(17)3-1)19-7-8-21(23-22-19)25-20-14-24-11-9-16(20)10-12-24;3-2(4,5)1(6)7/h1-8,13,16,20H,9-12,14H2;(H,6,7)/t20-;/m0./s1. The third-order valence-corrected chi connectivity index (χ3v) is 5.80. The Kier molecular flexibility index (Phi) is 6.27. The topological polar surface area (TPSA) is 75.6 Å². The third-order valence-electron chi connectivity index (χ3n) is 5.80. The van der Waals surface area contributed by atoms with Crippen LogP contribution in [0.3, 0.4) is 0 Å². The second-order valence-corrected chi connectivity index (χ2v) is 7.92. The average Bonchev–Trinajstić information content (AvgIpc) is 2.80. The van der Waals surface area contributed by atoms with Crippen molar-refractivity contribution in [2.75, 3.05) is 19.6 Å². The Balaban J connectivity index is 0.000000307. The number of benzene rings is 2. The molecule has 0 unspecified atom stereocenters. The predicted molar refractivity (Wildman–Crippen MR) is 112 cm³/mol. The molecule has 2 aromatic carbocycles. The zero-order valence-electron chi connectivity index (χ0n) is 17.1. The van der Waals surface area contributed by atoms with Crippen LogP contribution in [0.2, 0.25) is 0 Å². The maximum absolute atomic E-state index is 10.6. The largest absolute Gasteiger partial charge is 0.490 e. The van der Waals surface area contributed by atoms with Gasteiger partial charge in [0.15, 0.2) is 0 Å². The van der Waals surface area contributed by atoms with Gasteiger partial charge in [-0.1, -0.05) is 36.4 Å². The van der Waals surface area contributed by atoms with Gasteiger partial charge in [0.1, 0.15) is 6.10 Å². The number of nitrogens with zero attached hydrogens (tertiary/aromatic N) is 3. The van der Waals surface area contributed by atoms with Crippen LogP contribution in [0.5, 0.6) is 5.88 Å². The Morgan fingerprint density at radius 3 is 2.25 bits per heavy atom. The van der Waals surface area contributed by atoms with E-state index in [9.17, 15) is 13.2 Å². The number of rotatable bonds is 3. The number of ether oxygens (including phenoxy) is 1. The van der Waals surface area contributed by atoms with E-state index in [4.69, 9.17) is 14.6 Å². The maximum atomic E-state index is 10.6. The summed E-state index contributed by atoms with van der Waals surface area (Å²) in [6.07, 6.45) is -2.33. The van der Waals surface area contributed by atoms with Crippen molar-refractivity contribution in [3.63, 3.8) is 0 Å². The molecular weight excluding hydrogens is 423 g/mol. The molecule has 1 aromatic heterocycles. The Bertz CT molecular complexity index is 1080. The maximum Gasteiger partial charge on any atom is 0.490 e. The highest BCUT2D eigenvalue weighted by molar-refractivity contribution is 5.86. The number of carboxylic acid groups (broad SMARTS) is 1. The highest BCUT2D eigenvalue weighted by atomic mass is 19.4. The van der Waals surface area contributed by atoms with Crippen molar-refractivity contribution in [1.82, 2.24) is 15.1 Å². The van der Waals surface area contributed by atoms with Crippen LogP contribution in [-0.4, -0.2) is 58.1 Å². The van der Waals surface area contributed by atoms with Gasteiger partial charge in [-0.15, -0.1) is 10.2 Å². The number of alkyl halides is 3. The van der Waals surface area contributed by atoms with Gasteiger partial charge in [0.05, 0.1) is 5.69 Å². The first kappa shape index (κ1) is 22.0. The van der Waals surface area contributed by atoms with E-state index < -0.39 is 12.1 Å². The first-order chi connectivity index (χ1) is 15.3. The molecule has 0 saturated carbocycles. The second-order valence-electron chi connectivity index (χ2n) is 7.92. The van der Waals surface area contributed by atoms with Crippen molar-refractivity contribution in [2.45, 2.75) is 25.1 Å². The fraction of sp³-hybridized carbons (Fsp3) is 0.348. The normalized spacial score (nSPS) is 22.2. The van der Waals surface area contributed by atoms with Crippen LogP contribution in [0.1, 0.15) is 12.8 Å². The molecule has 0 aliphatic carbocycles. The number of carboxylic acids is 1. The molecular formula is C23H22F3N3O3. The molecule has 0 radical (unpaired) electrons. The van der Waals surface area contributed by atoms with Gasteiger partial charge in [-0.05, 0) is 54.8 Å². The lowest BCUT2D eigenvalue weighted by Crippen LogP contribution is -2.52. The highest BCUT2D eigenvalue weighted by Crippen LogP contribution is 2.30. The summed E-state index contributed by atoms with van der Waals surface area (Å²) in [5.74, 6) is -1.44. The SMILES string of the molecule is O=C(O)C(F)(F)F.c1ccc2cc(-c3ccc(O[C@H]4CN5CCC4CC5)nn3)ccc2c1. The first-order valence-electron chi connectivity index (χ1n) is 10.3. The predicted octanol–water partition coefficient (Wildman–Crippen LogP) is 4.40. The van der Waals surface area contributed by atoms with Crippen LogP contribution < -0.4 is 4.74 Å². The van der Waals surface area contributed by atoms with Crippen LogP contribution in [-0.2, 0) is 4.79 Å². The summed E-state index contributed by atoms with van der Waals surface area (Å²) in [4.78, 5) is 11.4. The molecule has 168 valence electrons. The third kappa shape index (κ3) is 5.16. The quantitative estimate of drug-likeness (QED) is 0.644. The van der Waals surface area contributed by atoms with E-state index in [0.717, 1.165) is 17.8 Å². The lowest BCUT2D eigenvalue weighted by atomic mass is 9.86. The lowest BCUT2D eigenvalue weighted by Gasteiger charge is -2.44. The van der Waals surface area contributed by atoms with E-state index in [1.54, 1.807) is 0 Å². The smallest absolute Gasteiger partial charge is 0.475 e. The molecule has 3 aromatic rings. The minimum absolute atomic E-state index is 0.267. The minimum atomic E-state index is -5.08. The zero-order valence-corrected chi connectivity index (χ0v) is 17.1. The highest BCUT2D eigenvalue weighted by Gasteiger charge is 2.38. The number of halogens is 3. The fourth-order valence-corrected chi connectivity index (χ4v) is 4.08. The van der Waals surface area contributed by atoms with Gasteiger partial charge in [0, 0.05) is 18.2 Å². The van der Waals surface area contributed by atoms with Crippen molar-refractivity contribution in [3.05, 3.63) is 54.6 Å². The summed E-state index contributed by atoms with van der Waals surface area (Å²) >= 11 is 0. The molecule has 0 amide bonds. The summed E-state index contributed by atoms with van der Waals surface area (Å²) in [6, 6.07) is 18.7. The summed E-state index contributed by atoms with van der Waals surface area (Å²) in [6.45, 7) is 3.47. The van der Waals surface area contributed by atoms with Gasteiger partial charge in [0.2, 0.25) is 5.88 Å². The average molecular weight is 445 g/mol. The Hall–Kier alpha value is -3.20. The van der Waals surface area contributed by atoms with Crippen molar-refractivity contribution >= 4 is 16.7 Å². The zero-order chi connectivity index (χ0) is 22.7. The monoisotopic (exact) mass is 445 g/mol. The molecule has 1 N–H and O–H groups in total. The molecule has 4 heterocycles. The van der Waals surface area contributed by atoms with Crippen molar-refractivity contribution in [2.24, 2.45) is 5.92 Å². The molecule has 3 aliphatic rings. The van der Waals surface area contributed by atoms with Crippen LogP contribution >= 0.6 is 0 Å². The molecule has 9 heteroatoms. The van der Waals surface area contributed by atoms with Gasteiger partial charge in [-0.2, -0.15) is 13.2 Å². The van der Waals surface area contributed by atoms with Crippen LogP contribution in [0.4, 0.5) is 13.2 Å². The van der Waals surface area contributed by atoms with Crippen LogP contribution in [0, 0.1) is 5.92 Å². The van der Waals surface area contributed by atoms with E-state index in [1.165, 1.54) is 36.7 Å². The summed E-state index contributed by atoms with van der Waals surface area (Å²) < 4.78 is 37.9. The van der Waals surface area contributed by atoms with Crippen molar-refractivity contribution in [1.29, 1.82) is 0 Å². The number of fused-ring (bicyclic) bond motifs is 4. The molecule has 6 nitrogen and oxygen atoms in total. The van der Waals surface area contributed by atoms with E-state index in [1.807, 2.05) is 12.1 Å². The number of piperidine rings is 3. The van der Waals surface area contributed by atoms with E-state index in [2.05, 4.69) is 57.6 Å². The van der Waals surface area contributed by atoms with E-state index in [-0.39, 0.29) is 6.10 Å². The summed E-state index contributed by atoms with van der Waals surface area (Å²) in [7, 11) is 0. The van der Waals surface area contributed by atoms with Crippen molar-refractivity contribution < 1.29 is 27.8 Å². The number of hydrogen-bond donors (Lipinski definition) is 1. The number of carbonyl (C=O) groups is 1. The molecule has 32 heavy (non-hydrogen) atoms. The van der Waals surface area contributed by atoms with Gasteiger partial charge in [-0.3, -0.25) is 4.90 Å². The minimum Gasteiger partial charge on any atom is -0.475 e. The number of aliphatic carboxylic acids is 1. The van der Waals surface area contributed by atoms with Gasteiger partial charge < -0.3 is 9.84 Å². The van der Waals surface area contributed by atoms with Gasteiger partial charge >= 0.3 is 12.1 Å². The molecule has 3 saturated heterocycles. The second kappa shape index (κ2) is 9.12. The molecule has 3 aliphatic heterocycles. The fourth-order valence-electron chi connectivity index (χ4n) is 4.08.